The van der Waals surface area contributed by atoms with Crippen molar-refractivity contribution in [3.63, 3.8) is 0 Å². The Hall–Kier alpha value is 0.170. The normalized spacial score (nSPS) is 24.2. The second-order valence-corrected chi connectivity index (χ2v) is 4.10. The van der Waals surface area contributed by atoms with Crippen molar-refractivity contribution in [2.75, 3.05) is 18.1 Å². The quantitative estimate of drug-likeness (QED) is 0.663. The summed E-state index contributed by atoms with van der Waals surface area (Å²) in [6.07, 6.45) is 0.616. The lowest BCUT2D eigenvalue weighted by Crippen LogP contribution is -2.35. The number of carbonyl (C=O) groups is 1. The lowest BCUT2D eigenvalue weighted by Gasteiger charge is -2.21. The Labute approximate surface area is 77.1 Å². The largest absolute Gasteiger partial charge is 0.329 e. The second kappa shape index (κ2) is 4.26. The van der Waals surface area contributed by atoms with E-state index in [1.165, 1.54) is 0 Å². The summed E-state index contributed by atoms with van der Waals surface area (Å²) in [6.45, 7) is 2.81. The van der Waals surface area contributed by atoms with Crippen molar-refractivity contribution in [3.8, 4) is 0 Å². The molecule has 1 fully saturated rings. The van der Waals surface area contributed by atoms with Crippen molar-refractivity contribution in [3.05, 3.63) is 0 Å². The number of nitrogens with zero attached hydrogens (tertiary/aromatic N) is 1. The topological polar surface area (TPSA) is 20.3 Å². The average molecular weight is 191 g/mol. The fourth-order valence-corrected chi connectivity index (χ4v) is 2.76. The summed E-state index contributed by atoms with van der Waals surface area (Å²) in [5.74, 6) is 2.10. The molecule has 0 aliphatic carbocycles. The number of rotatable bonds is 2. The van der Waals surface area contributed by atoms with Gasteiger partial charge in [0, 0.05) is 24.5 Å². The highest BCUT2D eigenvalue weighted by Gasteiger charge is 2.26. The van der Waals surface area contributed by atoms with Gasteiger partial charge in [0.2, 0.25) is 5.91 Å². The van der Waals surface area contributed by atoms with Gasteiger partial charge in [0.25, 0.3) is 0 Å². The van der Waals surface area contributed by atoms with E-state index in [2.05, 4.69) is 12.6 Å². The highest BCUT2D eigenvalue weighted by atomic mass is 32.2. The Morgan fingerprint density at radius 3 is 3.09 bits per heavy atom. The van der Waals surface area contributed by atoms with E-state index in [4.69, 9.17) is 0 Å². The Balaban J connectivity index is 2.49. The van der Waals surface area contributed by atoms with E-state index in [0.717, 1.165) is 18.1 Å². The van der Waals surface area contributed by atoms with Crippen molar-refractivity contribution < 1.29 is 4.79 Å². The SMILES string of the molecule is CCC(=O)N1CCSC1CS. The van der Waals surface area contributed by atoms with Gasteiger partial charge in [0.15, 0.2) is 0 Å². The van der Waals surface area contributed by atoms with Crippen LogP contribution >= 0.6 is 24.4 Å². The second-order valence-electron chi connectivity index (χ2n) is 2.45. The molecule has 1 aliphatic heterocycles. The summed E-state index contributed by atoms with van der Waals surface area (Å²) in [5, 5.41) is 0.325. The van der Waals surface area contributed by atoms with Crippen LogP contribution in [0.5, 0.6) is 0 Å². The van der Waals surface area contributed by atoms with Crippen LogP contribution in [0.3, 0.4) is 0 Å². The van der Waals surface area contributed by atoms with Crippen LogP contribution in [0.15, 0.2) is 0 Å². The number of thiol groups is 1. The van der Waals surface area contributed by atoms with E-state index in [-0.39, 0.29) is 5.91 Å². The fourth-order valence-electron chi connectivity index (χ4n) is 1.16. The fraction of sp³-hybridized carbons (Fsp3) is 0.857. The minimum atomic E-state index is 0.258. The third-order valence-electron chi connectivity index (χ3n) is 1.77. The molecule has 0 radical (unpaired) electrons. The summed E-state index contributed by atoms with van der Waals surface area (Å²) in [6, 6.07) is 0. The summed E-state index contributed by atoms with van der Waals surface area (Å²) in [4.78, 5) is 13.2. The van der Waals surface area contributed by atoms with Gasteiger partial charge in [-0.2, -0.15) is 12.6 Å². The molecule has 1 amide bonds. The number of amides is 1. The Morgan fingerprint density at radius 1 is 1.82 bits per heavy atom. The molecule has 0 aromatic rings. The zero-order chi connectivity index (χ0) is 8.27. The first-order valence-electron chi connectivity index (χ1n) is 3.81. The molecule has 0 spiro atoms. The van der Waals surface area contributed by atoms with E-state index in [1.54, 1.807) is 0 Å². The van der Waals surface area contributed by atoms with E-state index < -0.39 is 0 Å². The van der Waals surface area contributed by atoms with Crippen molar-refractivity contribution in [1.29, 1.82) is 0 Å². The molecule has 1 saturated heterocycles. The van der Waals surface area contributed by atoms with Crippen molar-refractivity contribution in [1.82, 2.24) is 4.90 Å². The van der Waals surface area contributed by atoms with E-state index in [1.807, 2.05) is 23.6 Å². The van der Waals surface area contributed by atoms with E-state index in [0.29, 0.717) is 11.8 Å². The minimum absolute atomic E-state index is 0.258. The first-order valence-corrected chi connectivity index (χ1v) is 5.49. The molecule has 1 unspecified atom stereocenters. The number of carbonyl (C=O) groups excluding carboxylic acids is 1. The van der Waals surface area contributed by atoms with Crippen LogP contribution in [-0.4, -0.2) is 34.2 Å². The molecule has 1 aliphatic rings. The van der Waals surface area contributed by atoms with Crippen molar-refractivity contribution in [2.45, 2.75) is 18.7 Å². The summed E-state index contributed by atoms with van der Waals surface area (Å²) >= 11 is 6.02. The summed E-state index contributed by atoms with van der Waals surface area (Å²) in [7, 11) is 0. The molecule has 0 aromatic carbocycles. The van der Waals surface area contributed by atoms with Crippen LogP contribution in [0.25, 0.3) is 0 Å². The smallest absolute Gasteiger partial charge is 0.223 e. The van der Waals surface area contributed by atoms with Gasteiger partial charge in [-0.15, -0.1) is 11.8 Å². The highest BCUT2D eigenvalue weighted by molar-refractivity contribution is 8.00. The summed E-state index contributed by atoms with van der Waals surface area (Å²) in [5.41, 5.74) is 0. The van der Waals surface area contributed by atoms with Gasteiger partial charge < -0.3 is 4.90 Å². The molecule has 64 valence electrons. The molecule has 11 heavy (non-hydrogen) atoms. The molecule has 4 heteroatoms. The predicted octanol–water partition coefficient (Wildman–Crippen LogP) is 1.23. The highest BCUT2D eigenvalue weighted by Crippen LogP contribution is 2.24. The number of thioether (sulfide) groups is 1. The number of hydrogen-bond acceptors (Lipinski definition) is 3. The Morgan fingerprint density at radius 2 is 2.55 bits per heavy atom. The van der Waals surface area contributed by atoms with E-state index in [9.17, 15) is 4.79 Å². The van der Waals surface area contributed by atoms with Gasteiger partial charge in [-0.1, -0.05) is 6.92 Å². The zero-order valence-electron chi connectivity index (χ0n) is 6.62. The van der Waals surface area contributed by atoms with Gasteiger partial charge in [-0.25, -0.2) is 0 Å². The first-order chi connectivity index (χ1) is 5.29. The molecular weight excluding hydrogens is 178 g/mol. The minimum Gasteiger partial charge on any atom is -0.329 e. The molecular formula is C7H13NOS2. The monoisotopic (exact) mass is 191 g/mol. The average Bonchev–Trinajstić information content (AvgIpc) is 2.50. The van der Waals surface area contributed by atoms with E-state index >= 15 is 0 Å². The summed E-state index contributed by atoms with van der Waals surface area (Å²) < 4.78 is 0. The van der Waals surface area contributed by atoms with Gasteiger partial charge in [-0.3, -0.25) is 4.79 Å². The van der Waals surface area contributed by atoms with Gasteiger partial charge >= 0.3 is 0 Å². The van der Waals surface area contributed by atoms with Crippen LogP contribution in [0, 0.1) is 0 Å². The molecule has 1 heterocycles. The van der Waals surface area contributed by atoms with Gasteiger partial charge in [0.1, 0.15) is 0 Å². The number of hydrogen-bond donors (Lipinski definition) is 1. The van der Waals surface area contributed by atoms with Gasteiger partial charge in [0.05, 0.1) is 5.37 Å². The van der Waals surface area contributed by atoms with Crippen LogP contribution in [0.4, 0.5) is 0 Å². The Kier molecular flexibility index (Phi) is 3.59. The maximum Gasteiger partial charge on any atom is 0.223 e. The van der Waals surface area contributed by atoms with Gasteiger partial charge in [-0.05, 0) is 0 Å². The molecule has 1 rings (SSSR count). The first kappa shape index (κ1) is 9.26. The van der Waals surface area contributed by atoms with Crippen LogP contribution < -0.4 is 0 Å². The van der Waals surface area contributed by atoms with Crippen LogP contribution in [-0.2, 0) is 4.79 Å². The Bertz CT molecular complexity index is 151. The maximum atomic E-state index is 11.3. The molecule has 1 atom stereocenters. The van der Waals surface area contributed by atoms with Crippen molar-refractivity contribution in [2.24, 2.45) is 0 Å². The lowest BCUT2D eigenvalue weighted by molar-refractivity contribution is -0.130. The standard InChI is InChI=1S/C7H13NOS2/c1-2-6(9)8-3-4-11-7(8)5-10/h7,10H,2-5H2,1H3. The van der Waals surface area contributed by atoms with Crippen LogP contribution in [0.2, 0.25) is 0 Å². The maximum absolute atomic E-state index is 11.3. The van der Waals surface area contributed by atoms with Crippen LogP contribution in [0.1, 0.15) is 13.3 Å². The zero-order valence-corrected chi connectivity index (χ0v) is 8.33. The molecule has 0 saturated carbocycles. The predicted molar refractivity (Wildman–Crippen MR) is 52.1 cm³/mol. The molecule has 0 aromatic heterocycles. The molecule has 0 N–H and O–H groups in total. The third-order valence-corrected chi connectivity index (χ3v) is 3.59. The molecule has 0 bridgehead atoms. The lowest BCUT2D eigenvalue weighted by atomic mass is 10.4. The van der Waals surface area contributed by atoms with Crippen molar-refractivity contribution >= 4 is 30.3 Å². The third kappa shape index (κ3) is 2.06. The molecule has 2 nitrogen and oxygen atoms in total.